The molecule has 2 saturated heterocycles. The zero-order valence-electron chi connectivity index (χ0n) is 20.1. The molecule has 190 valence electrons. The van der Waals surface area contributed by atoms with Crippen LogP contribution in [0.25, 0.3) is 0 Å². The Morgan fingerprint density at radius 3 is 2.46 bits per heavy atom. The van der Waals surface area contributed by atoms with Crippen molar-refractivity contribution in [3.8, 4) is 5.75 Å². The van der Waals surface area contributed by atoms with E-state index in [1.165, 1.54) is 11.3 Å². The van der Waals surface area contributed by atoms with Gasteiger partial charge in [-0.2, -0.15) is 0 Å². The SMILES string of the molecule is COCCOCCOCC(=O)N1CCC(c2nc(C(=O)N3CC(Oc4ccccc4)C3)cs2)CC1. The molecule has 4 rings (SSSR count). The number of hydrogen-bond acceptors (Lipinski definition) is 8. The first kappa shape index (κ1) is 25.6. The van der Waals surface area contributed by atoms with Crippen LogP contribution in [0.1, 0.15) is 34.3 Å². The Kier molecular flexibility index (Phi) is 9.47. The summed E-state index contributed by atoms with van der Waals surface area (Å²) in [6.45, 7) is 4.46. The first-order valence-corrected chi connectivity index (χ1v) is 12.9. The van der Waals surface area contributed by atoms with E-state index in [9.17, 15) is 9.59 Å². The van der Waals surface area contributed by atoms with Crippen LogP contribution in [0.3, 0.4) is 0 Å². The number of amides is 2. The van der Waals surface area contributed by atoms with Gasteiger partial charge in [0.1, 0.15) is 24.2 Å². The van der Waals surface area contributed by atoms with Crippen molar-refractivity contribution >= 4 is 23.2 Å². The van der Waals surface area contributed by atoms with Crippen LogP contribution in [0.4, 0.5) is 0 Å². The highest BCUT2D eigenvalue weighted by Crippen LogP contribution is 2.31. The van der Waals surface area contributed by atoms with E-state index < -0.39 is 0 Å². The van der Waals surface area contributed by atoms with Crippen LogP contribution in [0.2, 0.25) is 0 Å². The maximum atomic E-state index is 12.8. The van der Waals surface area contributed by atoms with Gasteiger partial charge in [-0.1, -0.05) is 18.2 Å². The number of thiazole rings is 1. The molecule has 0 radical (unpaired) electrons. The van der Waals surface area contributed by atoms with Gasteiger partial charge in [0, 0.05) is 31.5 Å². The van der Waals surface area contributed by atoms with Crippen LogP contribution in [0, 0.1) is 0 Å². The lowest BCUT2D eigenvalue weighted by Gasteiger charge is -2.38. The minimum Gasteiger partial charge on any atom is -0.487 e. The first-order valence-electron chi connectivity index (χ1n) is 12.0. The van der Waals surface area contributed by atoms with Crippen molar-refractivity contribution in [3.05, 3.63) is 46.4 Å². The molecule has 0 bridgehead atoms. The fourth-order valence-electron chi connectivity index (χ4n) is 4.09. The topological polar surface area (TPSA) is 90.4 Å². The van der Waals surface area contributed by atoms with Crippen LogP contribution in [-0.2, 0) is 19.0 Å². The summed E-state index contributed by atoms with van der Waals surface area (Å²) in [5, 5.41) is 2.82. The van der Waals surface area contributed by atoms with Crippen molar-refractivity contribution in [1.82, 2.24) is 14.8 Å². The van der Waals surface area contributed by atoms with E-state index in [0.29, 0.717) is 58.3 Å². The lowest BCUT2D eigenvalue weighted by Crippen LogP contribution is -2.56. The highest BCUT2D eigenvalue weighted by Gasteiger charge is 2.34. The summed E-state index contributed by atoms with van der Waals surface area (Å²) >= 11 is 1.53. The van der Waals surface area contributed by atoms with E-state index in [4.69, 9.17) is 18.9 Å². The van der Waals surface area contributed by atoms with Crippen LogP contribution in [0.5, 0.6) is 5.75 Å². The van der Waals surface area contributed by atoms with Crippen LogP contribution in [0.15, 0.2) is 35.7 Å². The number of aromatic nitrogens is 1. The molecule has 10 heteroatoms. The number of hydrogen-bond donors (Lipinski definition) is 0. The maximum Gasteiger partial charge on any atom is 0.273 e. The van der Waals surface area contributed by atoms with E-state index in [1.54, 1.807) is 12.0 Å². The van der Waals surface area contributed by atoms with E-state index in [2.05, 4.69) is 4.98 Å². The minimum absolute atomic E-state index is 0.000376. The molecule has 3 heterocycles. The third-order valence-corrected chi connectivity index (χ3v) is 7.16. The second-order valence-corrected chi connectivity index (χ2v) is 9.54. The van der Waals surface area contributed by atoms with Gasteiger partial charge in [0.25, 0.3) is 5.91 Å². The predicted octanol–water partition coefficient (Wildman–Crippen LogP) is 2.43. The summed E-state index contributed by atoms with van der Waals surface area (Å²) in [5.41, 5.74) is 0.503. The molecule has 0 aliphatic carbocycles. The van der Waals surface area contributed by atoms with Crippen LogP contribution >= 0.6 is 11.3 Å². The van der Waals surface area contributed by atoms with E-state index in [-0.39, 0.29) is 30.4 Å². The third-order valence-electron chi connectivity index (χ3n) is 6.15. The van der Waals surface area contributed by atoms with Gasteiger partial charge in [-0.05, 0) is 25.0 Å². The smallest absolute Gasteiger partial charge is 0.273 e. The number of methoxy groups -OCH3 is 1. The second kappa shape index (κ2) is 13.0. The third kappa shape index (κ3) is 7.23. The number of nitrogens with zero attached hydrogens (tertiary/aromatic N) is 3. The highest BCUT2D eigenvalue weighted by atomic mass is 32.1. The zero-order chi connectivity index (χ0) is 24.5. The standard InChI is InChI=1S/C25H33N3O6S/c1-31-11-12-32-13-14-33-17-23(29)27-9-7-19(8-10-27)24-26-22(18-35-24)25(30)28-15-21(16-28)34-20-5-3-2-4-6-20/h2-6,18-19,21H,7-17H2,1H3. The van der Waals surface area contributed by atoms with Gasteiger partial charge < -0.3 is 28.7 Å². The number of carbonyl (C=O) groups is 2. The fraction of sp³-hybridized carbons (Fsp3) is 0.560. The molecule has 1 aromatic carbocycles. The Morgan fingerprint density at radius 2 is 1.71 bits per heavy atom. The highest BCUT2D eigenvalue weighted by molar-refractivity contribution is 7.09. The Morgan fingerprint density at radius 1 is 1.00 bits per heavy atom. The molecule has 0 N–H and O–H groups in total. The molecule has 35 heavy (non-hydrogen) atoms. The summed E-state index contributed by atoms with van der Waals surface area (Å²) in [6, 6.07) is 9.66. The average molecular weight is 504 g/mol. The van der Waals surface area contributed by atoms with Gasteiger partial charge in [0.15, 0.2) is 0 Å². The Bertz CT molecular complexity index is 942. The van der Waals surface area contributed by atoms with Crippen molar-refractivity contribution in [1.29, 1.82) is 0 Å². The molecule has 2 aromatic rings. The number of benzene rings is 1. The number of piperidine rings is 1. The van der Waals surface area contributed by atoms with Gasteiger partial charge >= 0.3 is 0 Å². The average Bonchev–Trinajstić information content (AvgIpc) is 3.36. The Hall–Kier alpha value is -2.53. The Balaban J connectivity index is 1.14. The first-order chi connectivity index (χ1) is 17.1. The molecule has 9 nitrogen and oxygen atoms in total. The quantitative estimate of drug-likeness (QED) is 0.411. The van der Waals surface area contributed by atoms with Gasteiger partial charge in [-0.15, -0.1) is 11.3 Å². The second-order valence-electron chi connectivity index (χ2n) is 8.65. The monoisotopic (exact) mass is 503 g/mol. The summed E-state index contributed by atoms with van der Waals surface area (Å²) in [6.07, 6.45) is 1.70. The molecule has 2 aliphatic rings. The van der Waals surface area contributed by atoms with Crippen LogP contribution < -0.4 is 4.74 Å². The number of ether oxygens (including phenoxy) is 4. The maximum absolute atomic E-state index is 12.8. The molecular formula is C25H33N3O6S. The van der Waals surface area contributed by atoms with Crippen molar-refractivity contribution in [2.75, 3.05) is 66.3 Å². The lowest BCUT2D eigenvalue weighted by molar-refractivity contribution is -0.137. The molecule has 0 saturated carbocycles. The van der Waals surface area contributed by atoms with Crippen molar-refractivity contribution in [2.24, 2.45) is 0 Å². The Labute approximate surface area is 209 Å². The molecular weight excluding hydrogens is 470 g/mol. The minimum atomic E-state index is -0.0450. The molecule has 0 unspecified atom stereocenters. The van der Waals surface area contributed by atoms with Crippen molar-refractivity contribution in [3.63, 3.8) is 0 Å². The van der Waals surface area contributed by atoms with E-state index in [0.717, 1.165) is 23.6 Å². The van der Waals surface area contributed by atoms with E-state index in [1.807, 2.05) is 40.6 Å². The normalized spacial score (nSPS) is 16.8. The van der Waals surface area contributed by atoms with Gasteiger partial charge in [-0.3, -0.25) is 9.59 Å². The number of carbonyl (C=O) groups excluding carboxylic acids is 2. The molecule has 0 atom stereocenters. The number of likely N-dealkylation sites (tertiary alicyclic amines) is 2. The predicted molar refractivity (Wildman–Crippen MR) is 131 cm³/mol. The summed E-state index contributed by atoms with van der Waals surface area (Å²) in [5.74, 6) is 1.05. The summed E-state index contributed by atoms with van der Waals surface area (Å²) in [7, 11) is 1.63. The zero-order valence-corrected chi connectivity index (χ0v) is 20.9. The van der Waals surface area contributed by atoms with E-state index >= 15 is 0 Å². The lowest BCUT2D eigenvalue weighted by atomic mass is 9.97. The van der Waals surface area contributed by atoms with Gasteiger partial charge in [0.2, 0.25) is 5.91 Å². The van der Waals surface area contributed by atoms with Crippen LogP contribution in [-0.4, -0.2) is 99.0 Å². The number of para-hydroxylation sites is 1. The number of rotatable bonds is 12. The molecule has 0 spiro atoms. The molecule has 1 aromatic heterocycles. The van der Waals surface area contributed by atoms with Crippen molar-refractivity contribution in [2.45, 2.75) is 24.9 Å². The van der Waals surface area contributed by atoms with Gasteiger partial charge in [-0.25, -0.2) is 4.98 Å². The summed E-state index contributed by atoms with van der Waals surface area (Å²) < 4.78 is 21.5. The summed E-state index contributed by atoms with van der Waals surface area (Å²) in [4.78, 5) is 33.4. The largest absolute Gasteiger partial charge is 0.487 e. The molecule has 2 aliphatic heterocycles. The molecule has 2 amide bonds. The fourth-order valence-corrected chi connectivity index (χ4v) is 5.06. The molecule has 2 fully saturated rings. The van der Waals surface area contributed by atoms with Gasteiger partial charge in [0.05, 0.1) is 44.5 Å². The van der Waals surface area contributed by atoms with Crippen molar-refractivity contribution < 1.29 is 28.5 Å².